The molecule has 0 saturated carbocycles. The number of fused-ring (bicyclic) bond motifs is 9. The van der Waals surface area contributed by atoms with Gasteiger partial charge in [0.15, 0.2) is 11.4 Å². The second-order valence-corrected chi connectivity index (χ2v) is 14.5. The maximum Gasteiger partial charge on any atom is 0.159 e. The molecule has 6 heteroatoms. The van der Waals surface area contributed by atoms with Crippen molar-refractivity contribution in [1.82, 2.24) is 9.88 Å². The lowest BCUT2D eigenvalue weighted by molar-refractivity contribution is 0.663. The summed E-state index contributed by atoms with van der Waals surface area (Å²) in [5.74, 6) is 1.45. The highest BCUT2D eigenvalue weighted by atomic mass is 16.3. The van der Waals surface area contributed by atoms with E-state index in [0.29, 0.717) is 5.84 Å². The Balaban J connectivity index is 1.00. The number of amidine groups is 2. The van der Waals surface area contributed by atoms with Gasteiger partial charge in [-0.3, -0.25) is 0 Å². The van der Waals surface area contributed by atoms with Crippen molar-refractivity contribution in [2.24, 2.45) is 9.98 Å². The molecule has 0 amide bonds. The number of hydrogen-bond acceptors (Lipinski definition) is 5. The van der Waals surface area contributed by atoms with Crippen LogP contribution in [-0.2, 0) is 0 Å². The lowest BCUT2D eigenvalue weighted by Gasteiger charge is -2.23. The Hall–Kier alpha value is -7.70. The third-order valence-corrected chi connectivity index (χ3v) is 11.3. The molecule has 0 bridgehead atoms. The van der Waals surface area contributed by atoms with Crippen LogP contribution in [0.15, 0.2) is 201 Å². The van der Waals surface area contributed by atoms with E-state index in [1.807, 2.05) is 42.5 Å². The van der Waals surface area contributed by atoms with E-state index in [-0.39, 0.29) is 6.17 Å². The van der Waals surface area contributed by atoms with Gasteiger partial charge in [0.05, 0.1) is 16.7 Å². The molecule has 3 aromatic heterocycles. The highest BCUT2D eigenvalue weighted by Crippen LogP contribution is 2.43. The predicted octanol–water partition coefficient (Wildman–Crippen LogP) is 12.7. The molecule has 0 saturated heterocycles. The van der Waals surface area contributed by atoms with E-state index in [2.05, 4.69) is 149 Å². The molecule has 0 aliphatic carbocycles. The van der Waals surface area contributed by atoms with Gasteiger partial charge in [-0.05, 0) is 42.0 Å². The Morgan fingerprint density at radius 3 is 1.75 bits per heavy atom. The van der Waals surface area contributed by atoms with E-state index < -0.39 is 0 Å². The first-order valence-corrected chi connectivity index (χ1v) is 19.2. The maximum absolute atomic E-state index is 7.01. The highest BCUT2D eigenvalue weighted by molar-refractivity contribution is 6.19. The van der Waals surface area contributed by atoms with Crippen molar-refractivity contribution in [3.05, 3.63) is 199 Å². The summed E-state index contributed by atoms with van der Waals surface area (Å²) < 4.78 is 16.1. The molecule has 0 spiro atoms. The van der Waals surface area contributed by atoms with Crippen molar-refractivity contribution in [1.29, 1.82) is 0 Å². The van der Waals surface area contributed by atoms with Gasteiger partial charge in [-0.1, -0.05) is 146 Å². The lowest BCUT2D eigenvalue weighted by atomic mass is 9.99. The number of benzene rings is 8. The van der Waals surface area contributed by atoms with Crippen LogP contribution in [0.3, 0.4) is 0 Å². The molecule has 1 atom stereocenters. The summed E-state index contributed by atoms with van der Waals surface area (Å²) in [5.41, 5.74) is 11.5. The van der Waals surface area contributed by atoms with E-state index in [1.165, 1.54) is 10.8 Å². The number of furan rings is 2. The van der Waals surface area contributed by atoms with Gasteiger partial charge in [0.25, 0.3) is 0 Å². The summed E-state index contributed by atoms with van der Waals surface area (Å²) in [6.45, 7) is 0. The van der Waals surface area contributed by atoms with Gasteiger partial charge >= 0.3 is 0 Å². The first-order chi connectivity index (χ1) is 28.3. The molecule has 6 nitrogen and oxygen atoms in total. The smallest absolute Gasteiger partial charge is 0.159 e. The van der Waals surface area contributed by atoms with Crippen LogP contribution in [0.5, 0.6) is 0 Å². The van der Waals surface area contributed by atoms with Crippen LogP contribution in [0.25, 0.3) is 82.5 Å². The first-order valence-electron chi connectivity index (χ1n) is 19.2. The summed E-state index contributed by atoms with van der Waals surface area (Å²) >= 11 is 0. The van der Waals surface area contributed by atoms with E-state index in [9.17, 15) is 0 Å². The van der Waals surface area contributed by atoms with E-state index >= 15 is 0 Å². The van der Waals surface area contributed by atoms with Crippen LogP contribution in [0.1, 0.15) is 22.9 Å². The largest absolute Gasteiger partial charge is 0.455 e. The summed E-state index contributed by atoms with van der Waals surface area (Å²) in [5, 5.41) is 10.2. The zero-order valence-corrected chi connectivity index (χ0v) is 30.6. The monoisotopic (exact) mass is 732 g/mol. The summed E-state index contributed by atoms with van der Waals surface area (Å²) in [6, 6.07) is 63.1. The molecular formula is C51H32N4O2. The van der Waals surface area contributed by atoms with Crippen LogP contribution in [0, 0.1) is 0 Å². The summed E-state index contributed by atoms with van der Waals surface area (Å²) in [6.07, 6.45) is -0.280. The fourth-order valence-electron chi connectivity index (χ4n) is 8.65. The van der Waals surface area contributed by atoms with E-state index in [0.717, 1.165) is 94.3 Å². The molecule has 268 valence electrons. The first kappa shape index (κ1) is 31.6. The van der Waals surface area contributed by atoms with Gasteiger partial charge in [0, 0.05) is 54.6 Å². The molecule has 1 aliphatic heterocycles. The molecule has 57 heavy (non-hydrogen) atoms. The van der Waals surface area contributed by atoms with Crippen LogP contribution in [-0.4, -0.2) is 16.2 Å². The fraction of sp³-hybridized carbons (Fsp3) is 0.0196. The molecule has 4 heterocycles. The summed E-state index contributed by atoms with van der Waals surface area (Å²) in [4.78, 5) is 10.1. The number of aromatic nitrogens is 1. The van der Waals surface area contributed by atoms with E-state index in [4.69, 9.17) is 18.8 Å². The minimum Gasteiger partial charge on any atom is -0.455 e. The van der Waals surface area contributed by atoms with Crippen molar-refractivity contribution in [2.75, 3.05) is 0 Å². The molecule has 12 rings (SSSR count). The van der Waals surface area contributed by atoms with Crippen LogP contribution in [0.2, 0.25) is 0 Å². The molecule has 0 radical (unpaired) electrons. The van der Waals surface area contributed by atoms with Gasteiger partial charge in [0.1, 0.15) is 28.8 Å². The predicted molar refractivity (Wildman–Crippen MR) is 233 cm³/mol. The Kier molecular flexibility index (Phi) is 6.89. The second kappa shape index (κ2) is 12.4. The number of nitrogens with one attached hydrogen (secondary N) is 1. The van der Waals surface area contributed by atoms with Gasteiger partial charge < -0.3 is 18.7 Å². The number of nitrogens with zero attached hydrogens (tertiary/aromatic N) is 3. The van der Waals surface area contributed by atoms with Crippen molar-refractivity contribution in [2.45, 2.75) is 6.17 Å². The van der Waals surface area contributed by atoms with Gasteiger partial charge in [-0.15, -0.1) is 0 Å². The minimum absolute atomic E-state index is 0.280. The Labute approximate surface area is 326 Å². The molecular weight excluding hydrogens is 701 g/mol. The third-order valence-electron chi connectivity index (χ3n) is 11.3. The van der Waals surface area contributed by atoms with Crippen molar-refractivity contribution in [3.8, 4) is 16.8 Å². The number of para-hydroxylation sites is 5. The van der Waals surface area contributed by atoms with Gasteiger partial charge in [-0.25, -0.2) is 9.98 Å². The number of rotatable bonds is 5. The normalized spacial score (nSPS) is 14.5. The average molecular weight is 733 g/mol. The third kappa shape index (κ3) is 4.90. The fourth-order valence-corrected chi connectivity index (χ4v) is 8.65. The SMILES string of the molecule is c1ccc(C2=NC(c3ccccc3)NC(c3ccc4oc5c(-c6cccc7c6oc6c(-n8c9ccccc9c9ccccc98)cccc67)cccc5c4c3)=N2)cc1. The number of aliphatic imine (C=N–C) groups is 2. The molecule has 0 fully saturated rings. The Bertz CT molecular complexity index is 3390. The Morgan fingerprint density at radius 1 is 0.456 bits per heavy atom. The van der Waals surface area contributed by atoms with Crippen LogP contribution in [0.4, 0.5) is 0 Å². The maximum atomic E-state index is 7.01. The van der Waals surface area contributed by atoms with Crippen LogP contribution >= 0.6 is 0 Å². The van der Waals surface area contributed by atoms with Gasteiger partial charge in [-0.2, -0.15) is 0 Å². The van der Waals surface area contributed by atoms with Crippen molar-refractivity contribution < 1.29 is 8.83 Å². The van der Waals surface area contributed by atoms with Crippen molar-refractivity contribution >= 4 is 77.4 Å². The Morgan fingerprint density at radius 2 is 1.04 bits per heavy atom. The van der Waals surface area contributed by atoms with Crippen molar-refractivity contribution in [3.63, 3.8) is 0 Å². The van der Waals surface area contributed by atoms with Gasteiger partial charge in [0.2, 0.25) is 0 Å². The zero-order chi connectivity index (χ0) is 37.5. The molecule has 1 N–H and O–H groups in total. The quantitative estimate of drug-likeness (QED) is 0.192. The standard InChI is InChI=1S/C51H32N4O2/c1-3-14-31(15-4-1)49-52-50(32-16-5-2-6-17-32)54-51(53-49)33-28-29-45-41(30-33)40-23-12-20-36(46(40)56-45)37-21-11-22-38-39-24-13-27-44(48(39)57-47(37)38)55-42-25-9-7-18-34(42)35-19-8-10-26-43(35)55/h1-30,49H,(H,52,53,54). The summed E-state index contributed by atoms with van der Waals surface area (Å²) in [7, 11) is 0. The molecule has 1 unspecified atom stereocenters. The zero-order valence-electron chi connectivity index (χ0n) is 30.6. The minimum atomic E-state index is -0.280. The highest BCUT2D eigenvalue weighted by Gasteiger charge is 2.24. The molecule has 1 aliphatic rings. The van der Waals surface area contributed by atoms with E-state index in [1.54, 1.807) is 0 Å². The topological polar surface area (TPSA) is 68.0 Å². The molecule has 11 aromatic rings. The second-order valence-electron chi connectivity index (χ2n) is 14.5. The molecule has 8 aromatic carbocycles. The number of hydrogen-bond donors (Lipinski definition) is 1. The van der Waals surface area contributed by atoms with Crippen LogP contribution < -0.4 is 5.32 Å². The lowest BCUT2D eigenvalue weighted by Crippen LogP contribution is -2.33. The average Bonchev–Trinajstić information content (AvgIpc) is 3.96.